The molecule has 2 aromatic carbocycles. The summed E-state index contributed by atoms with van der Waals surface area (Å²) in [7, 11) is 0. The topological polar surface area (TPSA) is 118 Å². The summed E-state index contributed by atoms with van der Waals surface area (Å²) in [6.07, 6.45) is 0. The molecule has 0 aromatic heterocycles. The molecule has 0 aliphatic rings. The molecule has 0 aliphatic heterocycles. The molecule has 2 N–H and O–H groups in total. The van der Waals surface area contributed by atoms with Crippen LogP contribution >= 0.6 is 0 Å². The lowest BCUT2D eigenvalue weighted by Crippen LogP contribution is -2.08. The summed E-state index contributed by atoms with van der Waals surface area (Å²) in [5, 5.41) is 29.2. The Labute approximate surface area is 105 Å². The zero-order valence-corrected chi connectivity index (χ0v) is 9.36. The molecule has 19 heavy (non-hydrogen) atoms. The second kappa shape index (κ2) is 4.37. The van der Waals surface area contributed by atoms with Gasteiger partial charge in [0.15, 0.2) is 0 Å². The minimum Gasteiger partial charge on any atom is -0.478 e. The predicted octanol–water partition coefficient (Wildman–Crippen LogP) is 2.14. The van der Waals surface area contributed by atoms with Crippen LogP contribution in [-0.2, 0) is 0 Å². The smallest absolute Gasteiger partial charge is 0.336 e. The lowest BCUT2D eigenvalue weighted by molar-refractivity contribution is -0.383. The van der Waals surface area contributed by atoms with Gasteiger partial charge in [0.05, 0.1) is 21.4 Å². The van der Waals surface area contributed by atoms with Crippen molar-refractivity contribution in [2.45, 2.75) is 0 Å². The van der Waals surface area contributed by atoms with Crippen LogP contribution in [0.4, 0.5) is 5.69 Å². The first kappa shape index (κ1) is 12.5. The van der Waals surface area contributed by atoms with Crippen molar-refractivity contribution in [3.63, 3.8) is 0 Å². The summed E-state index contributed by atoms with van der Waals surface area (Å²) in [5.74, 6) is -2.84. The Kier molecular flexibility index (Phi) is 2.88. The van der Waals surface area contributed by atoms with Crippen LogP contribution in [0, 0.1) is 10.1 Å². The van der Waals surface area contributed by atoms with E-state index in [0.717, 1.165) is 12.1 Å². The number of fused-ring (bicyclic) bond motifs is 1. The van der Waals surface area contributed by atoms with Gasteiger partial charge in [0.2, 0.25) is 0 Å². The Balaban J connectivity index is 2.89. The van der Waals surface area contributed by atoms with Gasteiger partial charge in [-0.25, -0.2) is 9.59 Å². The maximum absolute atomic E-state index is 11.0. The molecule has 0 aliphatic carbocycles. The number of rotatable bonds is 3. The van der Waals surface area contributed by atoms with E-state index >= 15 is 0 Å². The Morgan fingerprint density at radius 1 is 1.05 bits per heavy atom. The van der Waals surface area contributed by atoms with Crippen molar-refractivity contribution in [1.82, 2.24) is 0 Å². The van der Waals surface area contributed by atoms with Gasteiger partial charge in [0, 0.05) is 6.07 Å². The molecule has 0 radical (unpaired) electrons. The molecule has 7 heteroatoms. The molecule has 0 bridgehead atoms. The molecule has 0 spiro atoms. The lowest BCUT2D eigenvalue weighted by atomic mass is 10.00. The van der Waals surface area contributed by atoms with Gasteiger partial charge in [0.25, 0.3) is 5.69 Å². The number of hydrogen-bond acceptors (Lipinski definition) is 4. The average Bonchev–Trinajstić information content (AvgIpc) is 2.35. The SMILES string of the molecule is O=C(O)c1cc2cccc([N+](=O)[O-])c2cc1C(=O)O. The zero-order valence-electron chi connectivity index (χ0n) is 9.36. The van der Waals surface area contributed by atoms with Crippen molar-refractivity contribution >= 4 is 28.4 Å². The van der Waals surface area contributed by atoms with Crippen LogP contribution in [0.25, 0.3) is 10.8 Å². The fourth-order valence-corrected chi connectivity index (χ4v) is 1.82. The van der Waals surface area contributed by atoms with E-state index in [2.05, 4.69) is 0 Å². The van der Waals surface area contributed by atoms with E-state index in [1.165, 1.54) is 18.2 Å². The van der Waals surface area contributed by atoms with Gasteiger partial charge < -0.3 is 10.2 Å². The number of carboxylic acid groups (broad SMARTS) is 2. The Morgan fingerprint density at radius 2 is 1.63 bits per heavy atom. The summed E-state index contributed by atoms with van der Waals surface area (Å²) < 4.78 is 0. The van der Waals surface area contributed by atoms with Gasteiger partial charge in [-0.3, -0.25) is 10.1 Å². The molecule has 0 atom stereocenters. The number of carbonyl (C=O) groups is 2. The highest BCUT2D eigenvalue weighted by atomic mass is 16.6. The quantitative estimate of drug-likeness (QED) is 0.645. The summed E-state index contributed by atoms with van der Waals surface area (Å²) in [6.45, 7) is 0. The number of nitro groups is 1. The van der Waals surface area contributed by atoms with Crippen molar-refractivity contribution in [2.75, 3.05) is 0 Å². The van der Waals surface area contributed by atoms with Crippen molar-refractivity contribution in [1.29, 1.82) is 0 Å². The number of nitro benzene ring substituents is 1. The van der Waals surface area contributed by atoms with Crippen molar-refractivity contribution < 1.29 is 24.7 Å². The van der Waals surface area contributed by atoms with Gasteiger partial charge >= 0.3 is 11.9 Å². The number of carboxylic acids is 2. The highest BCUT2D eigenvalue weighted by molar-refractivity contribution is 6.07. The van der Waals surface area contributed by atoms with Gasteiger partial charge in [-0.2, -0.15) is 0 Å². The van der Waals surface area contributed by atoms with Crippen molar-refractivity contribution in [3.05, 3.63) is 51.6 Å². The summed E-state index contributed by atoms with van der Waals surface area (Å²) in [6, 6.07) is 6.26. The van der Waals surface area contributed by atoms with E-state index in [4.69, 9.17) is 10.2 Å². The second-order valence-corrected chi connectivity index (χ2v) is 3.76. The lowest BCUT2D eigenvalue weighted by Gasteiger charge is -2.05. The molecular weight excluding hydrogens is 254 g/mol. The van der Waals surface area contributed by atoms with Crippen LogP contribution in [0.15, 0.2) is 30.3 Å². The van der Waals surface area contributed by atoms with Crippen LogP contribution < -0.4 is 0 Å². The monoisotopic (exact) mass is 261 g/mol. The van der Waals surface area contributed by atoms with Crippen molar-refractivity contribution in [2.24, 2.45) is 0 Å². The predicted molar refractivity (Wildman–Crippen MR) is 64.5 cm³/mol. The summed E-state index contributed by atoms with van der Waals surface area (Å²) in [5.41, 5.74) is -1.15. The van der Waals surface area contributed by atoms with E-state index in [1.807, 2.05) is 0 Å². The molecule has 0 unspecified atom stereocenters. The zero-order chi connectivity index (χ0) is 14.2. The van der Waals surface area contributed by atoms with Crippen LogP contribution in [0.5, 0.6) is 0 Å². The minimum absolute atomic E-state index is 0.0925. The number of aromatic carboxylic acids is 2. The fraction of sp³-hybridized carbons (Fsp3) is 0. The number of nitrogens with zero attached hydrogens (tertiary/aromatic N) is 1. The molecule has 2 rings (SSSR count). The number of non-ortho nitro benzene ring substituents is 1. The third-order valence-electron chi connectivity index (χ3n) is 2.65. The van der Waals surface area contributed by atoms with E-state index in [9.17, 15) is 19.7 Å². The third-order valence-corrected chi connectivity index (χ3v) is 2.65. The molecule has 0 amide bonds. The molecular formula is C12H7NO6. The molecule has 0 heterocycles. The fourth-order valence-electron chi connectivity index (χ4n) is 1.82. The second-order valence-electron chi connectivity index (χ2n) is 3.76. The van der Waals surface area contributed by atoms with E-state index in [1.54, 1.807) is 0 Å². The van der Waals surface area contributed by atoms with Gasteiger partial charge in [-0.05, 0) is 17.5 Å². The Bertz CT molecular complexity index is 721. The number of hydrogen-bond donors (Lipinski definition) is 2. The van der Waals surface area contributed by atoms with Crippen LogP contribution in [0.1, 0.15) is 20.7 Å². The van der Waals surface area contributed by atoms with E-state index < -0.39 is 28.0 Å². The Morgan fingerprint density at radius 3 is 2.16 bits per heavy atom. The highest BCUT2D eigenvalue weighted by Gasteiger charge is 2.20. The van der Waals surface area contributed by atoms with Crippen molar-refractivity contribution in [3.8, 4) is 0 Å². The van der Waals surface area contributed by atoms with E-state index in [0.29, 0.717) is 5.39 Å². The largest absolute Gasteiger partial charge is 0.478 e. The maximum atomic E-state index is 11.0. The average molecular weight is 261 g/mol. The third kappa shape index (κ3) is 2.08. The van der Waals surface area contributed by atoms with E-state index in [-0.39, 0.29) is 11.1 Å². The first-order valence-electron chi connectivity index (χ1n) is 5.09. The standard InChI is InChI=1S/C12H7NO6/c14-11(15)8-4-6-2-1-3-10(13(18)19)7(6)5-9(8)12(16)17/h1-5H,(H,14,15)(H,16,17). The first-order chi connectivity index (χ1) is 8.91. The van der Waals surface area contributed by atoms with Gasteiger partial charge in [-0.15, -0.1) is 0 Å². The molecule has 96 valence electrons. The van der Waals surface area contributed by atoms with Crippen LogP contribution in [-0.4, -0.2) is 27.1 Å². The molecule has 0 saturated heterocycles. The molecule has 2 aromatic rings. The normalized spacial score (nSPS) is 10.3. The van der Waals surface area contributed by atoms with Gasteiger partial charge in [0.1, 0.15) is 0 Å². The molecule has 0 saturated carbocycles. The Hall–Kier alpha value is -2.96. The highest BCUT2D eigenvalue weighted by Crippen LogP contribution is 2.28. The summed E-state index contributed by atoms with van der Waals surface area (Å²) >= 11 is 0. The molecule has 0 fully saturated rings. The summed E-state index contributed by atoms with van der Waals surface area (Å²) in [4.78, 5) is 32.2. The maximum Gasteiger partial charge on any atom is 0.336 e. The van der Waals surface area contributed by atoms with Gasteiger partial charge in [-0.1, -0.05) is 12.1 Å². The molecule has 7 nitrogen and oxygen atoms in total. The van der Waals surface area contributed by atoms with Crippen LogP contribution in [0.2, 0.25) is 0 Å². The minimum atomic E-state index is -1.45. The number of benzene rings is 2. The van der Waals surface area contributed by atoms with Crippen LogP contribution in [0.3, 0.4) is 0 Å². The first-order valence-corrected chi connectivity index (χ1v) is 5.09.